The van der Waals surface area contributed by atoms with Crippen LogP contribution in [-0.2, 0) is 6.54 Å². The number of primary amides is 1. The molecule has 2 aliphatic rings. The number of piperazine rings is 1. The maximum absolute atomic E-state index is 12.8. The number of carbonyl (C=O) groups is 2. The number of anilines is 2. The Kier molecular flexibility index (Phi) is 4.12. The number of fused-ring (bicyclic) bond motifs is 1. The second-order valence-corrected chi connectivity index (χ2v) is 6.90. The Labute approximate surface area is 152 Å². The molecule has 2 N–H and O–H groups in total. The fourth-order valence-electron chi connectivity index (χ4n) is 3.68. The van der Waals surface area contributed by atoms with Crippen LogP contribution in [0.5, 0.6) is 0 Å². The van der Waals surface area contributed by atoms with Crippen molar-refractivity contribution in [3.05, 3.63) is 59.2 Å². The minimum atomic E-state index is -0.567. The molecule has 1 saturated heterocycles. The molecule has 2 aromatic carbocycles. The van der Waals surface area contributed by atoms with Crippen LogP contribution in [0.1, 0.15) is 26.3 Å². The molecule has 6 nitrogen and oxygen atoms in total. The zero-order valence-electron chi connectivity index (χ0n) is 14.8. The van der Waals surface area contributed by atoms with E-state index in [0.29, 0.717) is 17.7 Å². The minimum absolute atomic E-state index is 0.165. The molecule has 6 heteroatoms. The Balaban J connectivity index is 1.56. The van der Waals surface area contributed by atoms with Gasteiger partial charge in [-0.3, -0.25) is 9.59 Å². The van der Waals surface area contributed by atoms with Gasteiger partial charge < -0.3 is 20.4 Å². The van der Waals surface area contributed by atoms with Gasteiger partial charge in [0.15, 0.2) is 0 Å². The molecule has 0 bridgehead atoms. The van der Waals surface area contributed by atoms with Crippen LogP contribution in [0, 0.1) is 0 Å². The van der Waals surface area contributed by atoms with Crippen molar-refractivity contribution in [3.63, 3.8) is 0 Å². The number of carbonyl (C=O) groups excluding carboxylic acids is 2. The fourth-order valence-corrected chi connectivity index (χ4v) is 3.68. The normalized spacial score (nSPS) is 17.5. The highest BCUT2D eigenvalue weighted by molar-refractivity contribution is 6.16. The topological polar surface area (TPSA) is 69.9 Å². The zero-order valence-corrected chi connectivity index (χ0v) is 14.8. The third-order valence-electron chi connectivity index (χ3n) is 5.23. The van der Waals surface area contributed by atoms with Crippen molar-refractivity contribution in [2.24, 2.45) is 5.73 Å². The zero-order chi connectivity index (χ0) is 18.3. The molecule has 26 heavy (non-hydrogen) atoms. The average molecular weight is 350 g/mol. The first-order valence-corrected chi connectivity index (χ1v) is 8.82. The van der Waals surface area contributed by atoms with Gasteiger partial charge >= 0.3 is 0 Å². The molecule has 4 rings (SSSR count). The standard InChI is InChI=1S/C20H22N4O2/c1-22-9-11-23(12-10-22)15-5-7-16(8-6-15)24-13-14-3-2-4-17(19(21)25)18(14)20(24)26/h2-8H,9-13H2,1H3,(H2,21,25). The predicted molar refractivity (Wildman–Crippen MR) is 102 cm³/mol. The molecule has 0 atom stereocenters. The van der Waals surface area contributed by atoms with Crippen LogP contribution in [0.3, 0.4) is 0 Å². The molecule has 0 spiro atoms. The molecule has 2 aliphatic heterocycles. The molecule has 134 valence electrons. The predicted octanol–water partition coefficient (Wildman–Crippen LogP) is 1.70. The number of hydrogen-bond acceptors (Lipinski definition) is 4. The number of nitrogens with two attached hydrogens (primary N) is 1. The SMILES string of the molecule is CN1CCN(c2ccc(N3Cc4cccc(C(N)=O)c4C3=O)cc2)CC1. The van der Waals surface area contributed by atoms with Crippen LogP contribution >= 0.6 is 0 Å². The van der Waals surface area contributed by atoms with E-state index in [1.807, 2.05) is 18.2 Å². The first-order valence-electron chi connectivity index (χ1n) is 8.82. The maximum Gasteiger partial charge on any atom is 0.259 e. The average Bonchev–Trinajstić information content (AvgIpc) is 2.99. The lowest BCUT2D eigenvalue weighted by Crippen LogP contribution is -2.44. The quantitative estimate of drug-likeness (QED) is 0.915. The van der Waals surface area contributed by atoms with Crippen LogP contribution < -0.4 is 15.5 Å². The van der Waals surface area contributed by atoms with Crippen LogP contribution in [0.2, 0.25) is 0 Å². The van der Waals surface area contributed by atoms with Crippen molar-refractivity contribution in [1.82, 2.24) is 4.90 Å². The molecular formula is C20H22N4O2. The highest BCUT2D eigenvalue weighted by Crippen LogP contribution is 2.31. The highest BCUT2D eigenvalue weighted by Gasteiger charge is 2.32. The van der Waals surface area contributed by atoms with Crippen LogP contribution in [0.15, 0.2) is 42.5 Å². The third-order valence-corrected chi connectivity index (χ3v) is 5.23. The van der Waals surface area contributed by atoms with E-state index in [1.165, 1.54) is 5.69 Å². The van der Waals surface area contributed by atoms with E-state index in [9.17, 15) is 9.59 Å². The first-order chi connectivity index (χ1) is 12.5. The Hall–Kier alpha value is -2.86. The van der Waals surface area contributed by atoms with E-state index in [0.717, 1.165) is 37.4 Å². The van der Waals surface area contributed by atoms with Crippen molar-refractivity contribution in [2.75, 3.05) is 43.0 Å². The van der Waals surface area contributed by atoms with E-state index >= 15 is 0 Å². The lowest BCUT2D eigenvalue weighted by Gasteiger charge is -2.34. The van der Waals surface area contributed by atoms with Gasteiger partial charge in [-0.25, -0.2) is 0 Å². The summed E-state index contributed by atoms with van der Waals surface area (Å²) in [6, 6.07) is 13.3. The van der Waals surface area contributed by atoms with E-state index in [4.69, 9.17) is 5.73 Å². The van der Waals surface area contributed by atoms with E-state index in [1.54, 1.807) is 17.0 Å². The molecule has 0 aliphatic carbocycles. The second kappa shape index (κ2) is 6.46. The number of hydrogen-bond donors (Lipinski definition) is 1. The monoisotopic (exact) mass is 350 g/mol. The Morgan fingerprint density at radius 2 is 1.62 bits per heavy atom. The summed E-state index contributed by atoms with van der Waals surface area (Å²) in [4.78, 5) is 30.9. The molecule has 0 unspecified atom stereocenters. The molecule has 2 amide bonds. The van der Waals surface area contributed by atoms with Crippen molar-refractivity contribution in [1.29, 1.82) is 0 Å². The lowest BCUT2D eigenvalue weighted by molar-refractivity contribution is 0.0967. The minimum Gasteiger partial charge on any atom is -0.369 e. The third kappa shape index (κ3) is 2.82. The summed E-state index contributed by atoms with van der Waals surface area (Å²) >= 11 is 0. The molecule has 1 fully saturated rings. The van der Waals surface area contributed by atoms with Gasteiger partial charge in [0.2, 0.25) is 5.91 Å². The van der Waals surface area contributed by atoms with Gasteiger partial charge in [-0.2, -0.15) is 0 Å². The molecule has 2 heterocycles. The lowest BCUT2D eigenvalue weighted by atomic mass is 10.0. The van der Waals surface area contributed by atoms with Gasteiger partial charge in [0, 0.05) is 37.6 Å². The summed E-state index contributed by atoms with van der Waals surface area (Å²) in [5.74, 6) is -0.732. The van der Waals surface area contributed by atoms with E-state index in [-0.39, 0.29) is 5.91 Å². The van der Waals surface area contributed by atoms with Crippen molar-refractivity contribution < 1.29 is 9.59 Å². The molecular weight excluding hydrogens is 328 g/mol. The van der Waals surface area contributed by atoms with Crippen LogP contribution in [-0.4, -0.2) is 49.9 Å². The molecule has 0 aromatic heterocycles. The van der Waals surface area contributed by atoms with E-state index in [2.05, 4.69) is 29.0 Å². The largest absolute Gasteiger partial charge is 0.369 e. The smallest absolute Gasteiger partial charge is 0.259 e. The van der Waals surface area contributed by atoms with Crippen molar-refractivity contribution >= 4 is 23.2 Å². The van der Waals surface area contributed by atoms with Crippen LogP contribution in [0.25, 0.3) is 0 Å². The summed E-state index contributed by atoms with van der Waals surface area (Å²) in [6.07, 6.45) is 0. The second-order valence-electron chi connectivity index (χ2n) is 6.90. The van der Waals surface area contributed by atoms with Crippen molar-refractivity contribution in [3.8, 4) is 0 Å². The number of nitrogens with zero attached hydrogens (tertiary/aromatic N) is 3. The first kappa shape index (κ1) is 16.6. The van der Waals surface area contributed by atoms with E-state index < -0.39 is 5.91 Å². The molecule has 2 aromatic rings. The highest BCUT2D eigenvalue weighted by atomic mass is 16.2. The number of benzene rings is 2. The molecule has 0 radical (unpaired) electrons. The summed E-state index contributed by atoms with van der Waals surface area (Å²) in [7, 11) is 2.14. The van der Waals surface area contributed by atoms with Gasteiger partial charge in [0.25, 0.3) is 5.91 Å². The van der Waals surface area contributed by atoms with Crippen molar-refractivity contribution in [2.45, 2.75) is 6.54 Å². The Bertz CT molecular complexity index is 855. The molecule has 0 saturated carbocycles. The summed E-state index contributed by atoms with van der Waals surface area (Å²) < 4.78 is 0. The van der Waals surface area contributed by atoms with Gasteiger partial charge in [-0.1, -0.05) is 12.1 Å². The number of rotatable bonds is 3. The fraction of sp³-hybridized carbons (Fsp3) is 0.300. The summed E-state index contributed by atoms with van der Waals surface area (Å²) in [6.45, 7) is 4.58. The van der Waals surface area contributed by atoms with Gasteiger partial charge in [0.1, 0.15) is 0 Å². The Morgan fingerprint density at radius 3 is 2.27 bits per heavy atom. The Morgan fingerprint density at radius 1 is 0.962 bits per heavy atom. The van der Waals surface area contributed by atoms with Gasteiger partial charge in [-0.05, 0) is 42.9 Å². The summed E-state index contributed by atoms with van der Waals surface area (Å²) in [5, 5.41) is 0. The maximum atomic E-state index is 12.8. The van der Waals surface area contributed by atoms with Gasteiger partial charge in [0.05, 0.1) is 17.7 Å². The number of amides is 2. The van der Waals surface area contributed by atoms with Crippen LogP contribution in [0.4, 0.5) is 11.4 Å². The number of likely N-dealkylation sites (N-methyl/N-ethyl adjacent to an activating group) is 1. The van der Waals surface area contributed by atoms with Gasteiger partial charge in [-0.15, -0.1) is 0 Å². The summed E-state index contributed by atoms with van der Waals surface area (Å²) in [5.41, 5.74) is 9.00.